The highest BCUT2D eigenvalue weighted by Gasteiger charge is 2.37. The average molecular weight is 309 g/mol. The molecule has 0 spiro atoms. The quantitative estimate of drug-likeness (QED) is 0.819. The zero-order chi connectivity index (χ0) is 16.1. The summed E-state index contributed by atoms with van der Waals surface area (Å²) >= 11 is 0. The molecule has 1 saturated heterocycles. The van der Waals surface area contributed by atoms with Crippen LogP contribution in [-0.2, 0) is 0 Å². The van der Waals surface area contributed by atoms with Gasteiger partial charge in [0, 0.05) is 37.6 Å². The van der Waals surface area contributed by atoms with E-state index in [0.29, 0.717) is 19.0 Å². The van der Waals surface area contributed by atoms with E-state index in [1.807, 2.05) is 6.92 Å². The summed E-state index contributed by atoms with van der Waals surface area (Å²) in [6.45, 7) is 7.50. The van der Waals surface area contributed by atoms with E-state index < -0.39 is 12.6 Å². The molecule has 2 atom stereocenters. The first-order valence-corrected chi connectivity index (χ1v) is 7.94. The van der Waals surface area contributed by atoms with E-state index in [2.05, 4.69) is 23.8 Å². The molecule has 1 aliphatic heterocycles. The average Bonchev–Trinajstić information content (AvgIpc) is 2.58. The van der Waals surface area contributed by atoms with Gasteiger partial charge in [-0.1, -0.05) is 6.92 Å². The Labute approximate surface area is 126 Å². The lowest BCUT2D eigenvalue weighted by Gasteiger charge is -2.45. The Morgan fingerprint density at radius 2 is 1.86 bits per heavy atom. The second-order valence-electron chi connectivity index (χ2n) is 6.54. The number of halogens is 3. The minimum atomic E-state index is -4.07. The van der Waals surface area contributed by atoms with Crippen molar-refractivity contribution in [3.63, 3.8) is 0 Å². The Kier molecular flexibility index (Phi) is 6.94. The largest absolute Gasteiger partial charge is 0.389 e. The van der Waals surface area contributed by atoms with Gasteiger partial charge in [0.15, 0.2) is 0 Å². The maximum absolute atomic E-state index is 12.4. The maximum atomic E-state index is 12.4. The second kappa shape index (κ2) is 7.79. The second-order valence-corrected chi connectivity index (χ2v) is 6.54. The predicted octanol–water partition coefficient (Wildman–Crippen LogP) is 2.85. The van der Waals surface area contributed by atoms with Gasteiger partial charge in [0.05, 0.1) is 0 Å². The summed E-state index contributed by atoms with van der Waals surface area (Å²) < 4.78 is 37.2. The third kappa shape index (κ3) is 5.75. The first-order valence-electron chi connectivity index (χ1n) is 7.94. The lowest BCUT2D eigenvalue weighted by Crippen LogP contribution is -2.57. The zero-order valence-corrected chi connectivity index (χ0v) is 13.5. The molecule has 21 heavy (non-hydrogen) atoms. The number of nitrogens with zero attached hydrogens (tertiary/aromatic N) is 2. The third-order valence-corrected chi connectivity index (χ3v) is 4.68. The van der Waals surface area contributed by atoms with Crippen LogP contribution in [0.4, 0.5) is 13.2 Å². The highest BCUT2D eigenvalue weighted by molar-refractivity contribution is 4.93. The molecule has 1 fully saturated rings. The lowest BCUT2D eigenvalue weighted by molar-refractivity contribution is -0.137. The fourth-order valence-corrected chi connectivity index (χ4v) is 3.34. The van der Waals surface area contributed by atoms with Crippen LogP contribution in [0.5, 0.6) is 0 Å². The lowest BCUT2D eigenvalue weighted by atomic mass is 9.90. The molecular weight excluding hydrogens is 279 g/mol. The fraction of sp³-hybridized carbons (Fsp3) is 1.00. The molecule has 0 aliphatic carbocycles. The van der Waals surface area contributed by atoms with E-state index in [4.69, 9.17) is 5.73 Å². The molecule has 3 nitrogen and oxygen atoms in total. The topological polar surface area (TPSA) is 32.5 Å². The normalized spacial score (nSPS) is 25.6. The van der Waals surface area contributed by atoms with E-state index >= 15 is 0 Å². The predicted molar refractivity (Wildman–Crippen MR) is 80.3 cm³/mol. The number of hydrogen-bond donors (Lipinski definition) is 1. The van der Waals surface area contributed by atoms with E-state index in [1.54, 1.807) is 0 Å². The molecule has 2 unspecified atom stereocenters. The van der Waals surface area contributed by atoms with Crippen molar-refractivity contribution >= 4 is 0 Å². The van der Waals surface area contributed by atoms with Gasteiger partial charge >= 0.3 is 6.18 Å². The van der Waals surface area contributed by atoms with Crippen LogP contribution in [0.25, 0.3) is 0 Å². The van der Waals surface area contributed by atoms with Gasteiger partial charge < -0.3 is 10.6 Å². The van der Waals surface area contributed by atoms with Gasteiger partial charge in [0.1, 0.15) is 0 Å². The molecule has 1 rings (SSSR count). The third-order valence-electron chi connectivity index (χ3n) is 4.68. The van der Waals surface area contributed by atoms with Gasteiger partial charge in [-0.2, -0.15) is 13.2 Å². The van der Waals surface area contributed by atoms with Crippen LogP contribution < -0.4 is 5.73 Å². The van der Waals surface area contributed by atoms with Gasteiger partial charge in [-0.3, -0.25) is 4.90 Å². The van der Waals surface area contributed by atoms with Gasteiger partial charge in [0.2, 0.25) is 0 Å². The number of hydrogen-bond acceptors (Lipinski definition) is 3. The van der Waals surface area contributed by atoms with Gasteiger partial charge in [-0.25, -0.2) is 0 Å². The first-order chi connectivity index (χ1) is 9.72. The summed E-state index contributed by atoms with van der Waals surface area (Å²) in [6, 6.07) is 0.372. The molecule has 0 amide bonds. The van der Waals surface area contributed by atoms with Gasteiger partial charge in [0.25, 0.3) is 0 Å². The summed E-state index contributed by atoms with van der Waals surface area (Å²) in [5, 5.41) is 0. The van der Waals surface area contributed by atoms with E-state index in [-0.39, 0.29) is 12.0 Å². The van der Waals surface area contributed by atoms with Crippen LogP contribution >= 0.6 is 0 Å². The molecule has 0 bridgehead atoms. The molecule has 0 aromatic rings. The number of nitrogens with two attached hydrogens (primary N) is 1. The highest BCUT2D eigenvalue weighted by Crippen LogP contribution is 2.30. The van der Waals surface area contributed by atoms with Crippen molar-refractivity contribution in [2.45, 2.75) is 63.7 Å². The summed E-state index contributed by atoms with van der Waals surface area (Å²) in [5.74, 6) is 0. The number of alkyl halides is 3. The maximum Gasteiger partial charge on any atom is 0.389 e. The number of rotatable bonds is 6. The van der Waals surface area contributed by atoms with Crippen molar-refractivity contribution in [2.75, 3.05) is 33.2 Å². The SMILES string of the molecule is CCC1CN(C)CCCN1C(C)(CN)CCCC(F)(F)F. The van der Waals surface area contributed by atoms with Crippen molar-refractivity contribution in [1.82, 2.24) is 9.80 Å². The Balaban J connectivity index is 2.73. The monoisotopic (exact) mass is 309 g/mol. The van der Waals surface area contributed by atoms with Crippen molar-refractivity contribution < 1.29 is 13.2 Å². The molecule has 126 valence electrons. The molecule has 1 heterocycles. The molecule has 6 heteroatoms. The van der Waals surface area contributed by atoms with Crippen molar-refractivity contribution in [1.29, 1.82) is 0 Å². The zero-order valence-electron chi connectivity index (χ0n) is 13.5. The first kappa shape index (κ1) is 18.7. The molecule has 0 aromatic carbocycles. The van der Waals surface area contributed by atoms with Crippen LogP contribution in [0.1, 0.15) is 46.0 Å². The van der Waals surface area contributed by atoms with E-state index in [1.165, 1.54) is 0 Å². The van der Waals surface area contributed by atoms with Gasteiger partial charge in [-0.05, 0) is 46.2 Å². The smallest absolute Gasteiger partial charge is 0.329 e. The molecular formula is C15H30F3N3. The summed E-state index contributed by atoms with van der Waals surface area (Å²) in [6.07, 6.45) is -2.09. The summed E-state index contributed by atoms with van der Waals surface area (Å²) in [5.41, 5.74) is 5.62. The standard InChI is InChI=1S/C15H30F3N3/c1-4-13-11-20(3)9-6-10-21(13)14(2,12-19)7-5-8-15(16,17)18/h13H,4-12,19H2,1-3H3. The van der Waals surface area contributed by atoms with E-state index in [0.717, 1.165) is 32.5 Å². The Bertz CT molecular complexity index is 309. The highest BCUT2D eigenvalue weighted by atomic mass is 19.4. The van der Waals surface area contributed by atoms with Crippen LogP contribution in [0.15, 0.2) is 0 Å². The molecule has 2 N–H and O–H groups in total. The van der Waals surface area contributed by atoms with Crippen molar-refractivity contribution in [3.8, 4) is 0 Å². The van der Waals surface area contributed by atoms with Crippen molar-refractivity contribution in [3.05, 3.63) is 0 Å². The van der Waals surface area contributed by atoms with Crippen molar-refractivity contribution in [2.24, 2.45) is 5.73 Å². The van der Waals surface area contributed by atoms with Crippen LogP contribution in [0.3, 0.4) is 0 Å². The minimum absolute atomic E-state index is 0.153. The number of likely N-dealkylation sites (N-methyl/N-ethyl adjacent to an activating group) is 1. The summed E-state index contributed by atoms with van der Waals surface area (Å²) in [7, 11) is 2.11. The molecule has 0 radical (unpaired) electrons. The molecule has 1 aliphatic rings. The Morgan fingerprint density at radius 3 is 2.38 bits per heavy atom. The Hall–Kier alpha value is -0.330. The summed E-state index contributed by atoms with van der Waals surface area (Å²) in [4.78, 5) is 4.67. The molecule has 0 aromatic heterocycles. The minimum Gasteiger partial charge on any atom is -0.329 e. The van der Waals surface area contributed by atoms with Crippen LogP contribution in [0.2, 0.25) is 0 Å². The van der Waals surface area contributed by atoms with Gasteiger partial charge in [-0.15, -0.1) is 0 Å². The fourth-order valence-electron chi connectivity index (χ4n) is 3.34. The van der Waals surface area contributed by atoms with E-state index in [9.17, 15) is 13.2 Å². The van der Waals surface area contributed by atoms with Crippen LogP contribution in [0, 0.1) is 0 Å². The Morgan fingerprint density at radius 1 is 1.19 bits per heavy atom. The van der Waals surface area contributed by atoms with Crippen LogP contribution in [-0.4, -0.2) is 60.8 Å². The molecule has 0 saturated carbocycles.